The predicted molar refractivity (Wildman–Crippen MR) is 80.6 cm³/mol. The number of rotatable bonds is 1. The second-order valence-electron chi connectivity index (χ2n) is 3.95. The first-order chi connectivity index (χ1) is 8.77. The average molecular weight is 348 g/mol. The highest BCUT2D eigenvalue weighted by atomic mass is 127. The lowest BCUT2D eigenvalue weighted by molar-refractivity contribution is 0.604. The molecule has 0 radical (unpaired) electrons. The van der Waals surface area contributed by atoms with Gasteiger partial charge in [0.1, 0.15) is 11.8 Å². The van der Waals surface area contributed by atoms with Gasteiger partial charge in [-0.05, 0) is 40.8 Å². The molecular weight excluding hydrogens is 339 g/mol. The molecule has 0 saturated heterocycles. The first-order valence-electron chi connectivity index (χ1n) is 5.53. The molecule has 3 aromatic rings. The summed E-state index contributed by atoms with van der Waals surface area (Å²) in [6.45, 7) is 0. The summed E-state index contributed by atoms with van der Waals surface area (Å²) in [5.41, 5.74) is 2.16. The number of halogens is 1. The van der Waals surface area contributed by atoms with Gasteiger partial charge in [-0.15, -0.1) is 0 Å². The fourth-order valence-electron chi connectivity index (χ4n) is 1.94. The minimum atomic E-state index is 0.0148. The molecule has 0 aliphatic rings. The largest absolute Gasteiger partial charge is 0.463 e. The van der Waals surface area contributed by atoms with Gasteiger partial charge in [0.05, 0.1) is 10.9 Å². The molecular formula is C15H9IO2. The van der Waals surface area contributed by atoms with Gasteiger partial charge in [-0.2, -0.15) is 0 Å². The van der Waals surface area contributed by atoms with Crippen molar-refractivity contribution in [2.24, 2.45) is 0 Å². The van der Waals surface area contributed by atoms with Crippen LogP contribution in [-0.4, -0.2) is 0 Å². The second kappa shape index (κ2) is 4.57. The molecule has 3 rings (SSSR count). The van der Waals surface area contributed by atoms with E-state index in [2.05, 4.69) is 22.6 Å². The van der Waals surface area contributed by atoms with Gasteiger partial charge in [0, 0.05) is 9.13 Å². The SMILES string of the molecule is O=c1c(-c2ccccc2I)coc2ccccc12. The normalized spacial score (nSPS) is 10.7. The summed E-state index contributed by atoms with van der Waals surface area (Å²) in [6, 6.07) is 15.1. The van der Waals surface area contributed by atoms with Gasteiger partial charge < -0.3 is 4.42 Å². The Morgan fingerprint density at radius 2 is 1.61 bits per heavy atom. The molecule has 0 saturated carbocycles. The fourth-order valence-corrected chi connectivity index (χ4v) is 2.62. The molecule has 18 heavy (non-hydrogen) atoms. The summed E-state index contributed by atoms with van der Waals surface area (Å²) >= 11 is 2.22. The Morgan fingerprint density at radius 1 is 0.889 bits per heavy atom. The van der Waals surface area contributed by atoms with Crippen LogP contribution in [0.1, 0.15) is 0 Å². The van der Waals surface area contributed by atoms with Gasteiger partial charge in [0.15, 0.2) is 0 Å². The van der Waals surface area contributed by atoms with E-state index in [0.29, 0.717) is 16.5 Å². The molecule has 0 atom stereocenters. The van der Waals surface area contributed by atoms with Crippen molar-refractivity contribution in [3.8, 4) is 11.1 Å². The Morgan fingerprint density at radius 3 is 2.44 bits per heavy atom. The van der Waals surface area contributed by atoms with E-state index in [0.717, 1.165) is 9.13 Å². The van der Waals surface area contributed by atoms with Crippen LogP contribution < -0.4 is 5.43 Å². The number of hydrogen-bond donors (Lipinski definition) is 0. The summed E-state index contributed by atoms with van der Waals surface area (Å²) in [6.07, 6.45) is 1.54. The van der Waals surface area contributed by atoms with Crippen molar-refractivity contribution in [2.75, 3.05) is 0 Å². The van der Waals surface area contributed by atoms with Crippen molar-refractivity contribution >= 4 is 33.6 Å². The third-order valence-corrected chi connectivity index (χ3v) is 3.78. The molecule has 0 fully saturated rings. The molecule has 0 aliphatic carbocycles. The van der Waals surface area contributed by atoms with Crippen LogP contribution in [0.2, 0.25) is 0 Å². The van der Waals surface area contributed by atoms with E-state index < -0.39 is 0 Å². The lowest BCUT2D eigenvalue weighted by Crippen LogP contribution is -2.05. The minimum Gasteiger partial charge on any atom is -0.463 e. The van der Waals surface area contributed by atoms with Gasteiger partial charge in [-0.1, -0.05) is 30.3 Å². The van der Waals surface area contributed by atoms with Gasteiger partial charge in [-0.3, -0.25) is 4.79 Å². The standard InChI is InChI=1S/C15H9IO2/c16-13-7-3-1-5-10(13)12-9-18-14-8-4-2-6-11(14)15(12)17/h1-9H. The summed E-state index contributed by atoms with van der Waals surface area (Å²) < 4.78 is 6.57. The highest BCUT2D eigenvalue weighted by molar-refractivity contribution is 14.1. The van der Waals surface area contributed by atoms with Crippen LogP contribution in [0.3, 0.4) is 0 Å². The van der Waals surface area contributed by atoms with Crippen molar-refractivity contribution in [1.82, 2.24) is 0 Å². The van der Waals surface area contributed by atoms with Crippen LogP contribution in [0.15, 0.2) is 64.0 Å². The molecule has 3 heteroatoms. The Hall–Kier alpha value is -1.62. The lowest BCUT2D eigenvalue weighted by atomic mass is 10.1. The van der Waals surface area contributed by atoms with Crippen molar-refractivity contribution < 1.29 is 4.42 Å². The van der Waals surface area contributed by atoms with Gasteiger partial charge in [-0.25, -0.2) is 0 Å². The van der Waals surface area contributed by atoms with Crippen molar-refractivity contribution in [3.63, 3.8) is 0 Å². The molecule has 0 spiro atoms. The third kappa shape index (κ3) is 1.84. The maximum absolute atomic E-state index is 12.4. The summed E-state index contributed by atoms with van der Waals surface area (Å²) in [4.78, 5) is 12.4. The van der Waals surface area contributed by atoms with Crippen LogP contribution in [0.5, 0.6) is 0 Å². The first-order valence-corrected chi connectivity index (χ1v) is 6.61. The monoisotopic (exact) mass is 348 g/mol. The van der Waals surface area contributed by atoms with E-state index in [1.54, 1.807) is 18.4 Å². The molecule has 0 aliphatic heterocycles. The van der Waals surface area contributed by atoms with E-state index in [1.807, 2.05) is 36.4 Å². The van der Waals surface area contributed by atoms with Crippen LogP contribution in [0.4, 0.5) is 0 Å². The second-order valence-corrected chi connectivity index (χ2v) is 5.12. The van der Waals surface area contributed by atoms with E-state index in [9.17, 15) is 4.79 Å². The Bertz CT molecular complexity index is 775. The molecule has 1 aromatic heterocycles. The zero-order valence-electron chi connectivity index (χ0n) is 9.39. The molecule has 2 aromatic carbocycles. The zero-order valence-corrected chi connectivity index (χ0v) is 11.5. The molecule has 1 heterocycles. The molecule has 2 nitrogen and oxygen atoms in total. The summed E-state index contributed by atoms with van der Waals surface area (Å²) in [5, 5.41) is 0.620. The number of para-hydroxylation sites is 1. The lowest BCUT2D eigenvalue weighted by Gasteiger charge is -2.04. The maximum atomic E-state index is 12.4. The van der Waals surface area contributed by atoms with E-state index in [1.165, 1.54) is 0 Å². The Balaban J connectivity index is 2.35. The van der Waals surface area contributed by atoms with Gasteiger partial charge in [0.25, 0.3) is 0 Å². The Labute approximate surface area is 117 Å². The average Bonchev–Trinajstić information content (AvgIpc) is 2.41. The summed E-state index contributed by atoms with van der Waals surface area (Å²) in [7, 11) is 0. The number of benzene rings is 2. The highest BCUT2D eigenvalue weighted by Gasteiger charge is 2.10. The number of fused-ring (bicyclic) bond motifs is 1. The van der Waals surface area contributed by atoms with Crippen molar-refractivity contribution in [3.05, 3.63) is 68.6 Å². The molecule has 88 valence electrons. The van der Waals surface area contributed by atoms with Crippen LogP contribution in [-0.2, 0) is 0 Å². The van der Waals surface area contributed by atoms with Crippen molar-refractivity contribution in [1.29, 1.82) is 0 Å². The smallest absolute Gasteiger partial charge is 0.200 e. The Kier molecular flexibility index (Phi) is 2.91. The quantitative estimate of drug-likeness (QED) is 0.621. The van der Waals surface area contributed by atoms with E-state index in [-0.39, 0.29) is 5.43 Å². The zero-order chi connectivity index (χ0) is 12.5. The third-order valence-electron chi connectivity index (χ3n) is 2.84. The molecule has 0 amide bonds. The van der Waals surface area contributed by atoms with Gasteiger partial charge >= 0.3 is 0 Å². The van der Waals surface area contributed by atoms with Crippen LogP contribution >= 0.6 is 22.6 Å². The maximum Gasteiger partial charge on any atom is 0.200 e. The van der Waals surface area contributed by atoms with Crippen LogP contribution in [0, 0.1) is 3.57 Å². The fraction of sp³-hybridized carbons (Fsp3) is 0. The van der Waals surface area contributed by atoms with Crippen molar-refractivity contribution in [2.45, 2.75) is 0 Å². The van der Waals surface area contributed by atoms with Gasteiger partial charge in [0.2, 0.25) is 5.43 Å². The highest BCUT2D eigenvalue weighted by Crippen LogP contribution is 2.24. The van der Waals surface area contributed by atoms with E-state index in [4.69, 9.17) is 4.42 Å². The number of hydrogen-bond acceptors (Lipinski definition) is 2. The van der Waals surface area contributed by atoms with E-state index >= 15 is 0 Å². The minimum absolute atomic E-state index is 0.0148. The predicted octanol–water partition coefficient (Wildman–Crippen LogP) is 4.06. The topological polar surface area (TPSA) is 30.2 Å². The summed E-state index contributed by atoms with van der Waals surface area (Å²) in [5.74, 6) is 0. The molecule has 0 bridgehead atoms. The first kappa shape index (κ1) is 11.5. The van der Waals surface area contributed by atoms with Crippen LogP contribution in [0.25, 0.3) is 22.1 Å². The molecule has 0 unspecified atom stereocenters. The molecule has 0 N–H and O–H groups in total.